The molecule has 0 aromatic heterocycles. The van der Waals surface area contributed by atoms with E-state index in [0.717, 1.165) is 11.3 Å². The Morgan fingerprint density at radius 2 is 2.00 bits per heavy atom. The molecule has 2 nitrogen and oxygen atoms in total. The third kappa shape index (κ3) is 3.01. The van der Waals surface area contributed by atoms with Crippen molar-refractivity contribution in [1.82, 2.24) is 0 Å². The van der Waals surface area contributed by atoms with Crippen LogP contribution in [0.2, 0.25) is 0 Å². The van der Waals surface area contributed by atoms with Crippen molar-refractivity contribution in [3.05, 3.63) is 58.3 Å². The van der Waals surface area contributed by atoms with E-state index in [1.54, 1.807) is 30.3 Å². The van der Waals surface area contributed by atoms with Gasteiger partial charge in [0.2, 0.25) is 0 Å². The molecule has 94 valence electrons. The molecule has 0 saturated heterocycles. The monoisotopic (exact) mass is 309 g/mol. The van der Waals surface area contributed by atoms with E-state index < -0.39 is 0 Å². The van der Waals surface area contributed by atoms with E-state index in [1.165, 1.54) is 6.07 Å². The first kappa shape index (κ1) is 12.9. The molecule has 2 N–H and O–H groups in total. The molecule has 0 amide bonds. The van der Waals surface area contributed by atoms with Gasteiger partial charge >= 0.3 is 0 Å². The SMILES string of the molecule is CC(Nc1cccc(O)c1)c1ccc(F)c(Br)c1. The standard InChI is InChI=1S/C14H13BrFNO/c1-9(10-5-6-14(16)13(15)7-10)17-11-3-2-4-12(18)8-11/h2-9,17-18H,1H3. The van der Waals surface area contributed by atoms with Crippen LogP contribution in [0.15, 0.2) is 46.9 Å². The van der Waals surface area contributed by atoms with Gasteiger partial charge in [0, 0.05) is 17.8 Å². The van der Waals surface area contributed by atoms with E-state index >= 15 is 0 Å². The Balaban J connectivity index is 2.16. The minimum atomic E-state index is -0.275. The maximum absolute atomic E-state index is 13.1. The number of hydrogen-bond donors (Lipinski definition) is 2. The molecular formula is C14H13BrFNO. The zero-order chi connectivity index (χ0) is 13.1. The number of hydrogen-bond acceptors (Lipinski definition) is 2. The van der Waals surface area contributed by atoms with Crippen molar-refractivity contribution in [3.8, 4) is 5.75 Å². The molecule has 0 aliphatic rings. The Morgan fingerprint density at radius 3 is 2.67 bits per heavy atom. The molecule has 0 spiro atoms. The van der Waals surface area contributed by atoms with E-state index in [0.29, 0.717) is 4.47 Å². The number of phenols is 1. The van der Waals surface area contributed by atoms with Crippen LogP contribution in [0.25, 0.3) is 0 Å². The largest absolute Gasteiger partial charge is 0.508 e. The summed E-state index contributed by atoms with van der Waals surface area (Å²) in [5, 5.41) is 12.6. The molecule has 0 fully saturated rings. The summed E-state index contributed by atoms with van der Waals surface area (Å²) in [5.41, 5.74) is 1.79. The predicted octanol–water partition coefficient (Wildman–Crippen LogP) is 4.47. The Bertz CT molecular complexity index is 559. The van der Waals surface area contributed by atoms with Crippen molar-refractivity contribution in [2.45, 2.75) is 13.0 Å². The normalized spacial score (nSPS) is 12.2. The molecule has 0 radical (unpaired) electrons. The first-order valence-corrected chi connectivity index (χ1v) is 6.36. The van der Waals surface area contributed by atoms with E-state index in [2.05, 4.69) is 21.2 Å². The molecule has 4 heteroatoms. The minimum Gasteiger partial charge on any atom is -0.508 e. The van der Waals surface area contributed by atoms with Gasteiger partial charge in [-0.2, -0.15) is 0 Å². The van der Waals surface area contributed by atoms with Gasteiger partial charge in [0.05, 0.1) is 4.47 Å². The number of rotatable bonds is 3. The minimum absolute atomic E-state index is 0.0173. The van der Waals surface area contributed by atoms with Crippen LogP contribution >= 0.6 is 15.9 Å². The topological polar surface area (TPSA) is 32.3 Å². The van der Waals surface area contributed by atoms with E-state index in [4.69, 9.17) is 0 Å². The highest BCUT2D eigenvalue weighted by Gasteiger charge is 2.08. The lowest BCUT2D eigenvalue weighted by Gasteiger charge is -2.16. The molecule has 2 aromatic rings. The zero-order valence-electron chi connectivity index (χ0n) is 9.82. The van der Waals surface area contributed by atoms with Gasteiger partial charge in [0.15, 0.2) is 0 Å². The van der Waals surface area contributed by atoms with Crippen molar-refractivity contribution < 1.29 is 9.50 Å². The van der Waals surface area contributed by atoms with Gasteiger partial charge in [-0.15, -0.1) is 0 Å². The molecule has 0 aliphatic heterocycles. The maximum Gasteiger partial charge on any atom is 0.137 e. The Kier molecular flexibility index (Phi) is 3.87. The molecule has 18 heavy (non-hydrogen) atoms. The maximum atomic E-state index is 13.1. The van der Waals surface area contributed by atoms with Crippen LogP contribution in [0.4, 0.5) is 10.1 Å². The summed E-state index contributed by atoms with van der Waals surface area (Å²) in [6.07, 6.45) is 0. The highest BCUT2D eigenvalue weighted by molar-refractivity contribution is 9.10. The molecule has 0 saturated carbocycles. The summed E-state index contributed by atoms with van der Waals surface area (Å²) in [7, 11) is 0. The third-order valence-electron chi connectivity index (χ3n) is 2.67. The second-order valence-corrected chi connectivity index (χ2v) is 4.94. The Labute approximate surface area is 114 Å². The zero-order valence-corrected chi connectivity index (χ0v) is 11.4. The Morgan fingerprint density at radius 1 is 1.22 bits per heavy atom. The molecule has 2 rings (SSSR count). The van der Waals surface area contributed by atoms with Gasteiger partial charge in [-0.1, -0.05) is 12.1 Å². The number of nitrogens with one attached hydrogen (secondary N) is 1. The number of anilines is 1. The summed E-state index contributed by atoms with van der Waals surface area (Å²) in [6, 6.07) is 11.8. The predicted molar refractivity (Wildman–Crippen MR) is 74.2 cm³/mol. The van der Waals surface area contributed by atoms with Crippen LogP contribution in [0.3, 0.4) is 0 Å². The summed E-state index contributed by atoms with van der Waals surface area (Å²) in [5.74, 6) is -0.0595. The average Bonchev–Trinajstić information content (AvgIpc) is 2.32. The molecule has 0 bridgehead atoms. The van der Waals surface area contributed by atoms with Gasteiger partial charge in [-0.05, 0) is 52.7 Å². The lowest BCUT2D eigenvalue weighted by atomic mass is 10.1. The van der Waals surface area contributed by atoms with Crippen LogP contribution in [0.1, 0.15) is 18.5 Å². The van der Waals surface area contributed by atoms with Crippen molar-refractivity contribution in [2.75, 3.05) is 5.32 Å². The third-order valence-corrected chi connectivity index (χ3v) is 3.28. The Hall–Kier alpha value is -1.55. The van der Waals surface area contributed by atoms with Crippen LogP contribution in [-0.2, 0) is 0 Å². The summed E-state index contributed by atoms with van der Waals surface area (Å²) >= 11 is 3.17. The first-order chi connectivity index (χ1) is 8.56. The highest BCUT2D eigenvalue weighted by atomic mass is 79.9. The molecule has 1 unspecified atom stereocenters. The lowest BCUT2D eigenvalue weighted by molar-refractivity contribution is 0.475. The van der Waals surface area contributed by atoms with E-state index in [9.17, 15) is 9.50 Å². The summed E-state index contributed by atoms with van der Waals surface area (Å²) < 4.78 is 13.6. The van der Waals surface area contributed by atoms with Gasteiger partial charge < -0.3 is 10.4 Å². The van der Waals surface area contributed by atoms with Crippen LogP contribution in [0.5, 0.6) is 5.75 Å². The fourth-order valence-electron chi connectivity index (χ4n) is 1.71. The smallest absolute Gasteiger partial charge is 0.137 e. The molecule has 0 aliphatic carbocycles. The van der Waals surface area contributed by atoms with Crippen molar-refractivity contribution in [1.29, 1.82) is 0 Å². The molecular weight excluding hydrogens is 297 g/mol. The fraction of sp³-hybridized carbons (Fsp3) is 0.143. The second kappa shape index (κ2) is 5.40. The first-order valence-electron chi connectivity index (χ1n) is 5.57. The van der Waals surface area contributed by atoms with Crippen molar-refractivity contribution in [3.63, 3.8) is 0 Å². The van der Waals surface area contributed by atoms with Crippen LogP contribution in [-0.4, -0.2) is 5.11 Å². The van der Waals surface area contributed by atoms with Gasteiger partial charge in [0.25, 0.3) is 0 Å². The average molecular weight is 310 g/mol. The van der Waals surface area contributed by atoms with Crippen molar-refractivity contribution in [2.24, 2.45) is 0 Å². The fourth-order valence-corrected chi connectivity index (χ4v) is 2.11. The highest BCUT2D eigenvalue weighted by Crippen LogP contribution is 2.25. The number of aromatic hydroxyl groups is 1. The van der Waals surface area contributed by atoms with E-state index in [1.807, 2.05) is 13.0 Å². The summed E-state index contributed by atoms with van der Waals surface area (Å²) in [6.45, 7) is 1.98. The number of halogens is 2. The van der Waals surface area contributed by atoms with Gasteiger partial charge in [-0.3, -0.25) is 0 Å². The van der Waals surface area contributed by atoms with Crippen LogP contribution < -0.4 is 5.32 Å². The molecule has 2 aromatic carbocycles. The van der Waals surface area contributed by atoms with Crippen LogP contribution in [0, 0.1) is 5.82 Å². The number of benzene rings is 2. The van der Waals surface area contributed by atoms with Crippen molar-refractivity contribution >= 4 is 21.6 Å². The molecule has 0 heterocycles. The lowest BCUT2D eigenvalue weighted by Crippen LogP contribution is -2.06. The number of phenolic OH excluding ortho intramolecular Hbond substituents is 1. The second-order valence-electron chi connectivity index (χ2n) is 4.09. The van der Waals surface area contributed by atoms with Gasteiger partial charge in [0.1, 0.15) is 11.6 Å². The van der Waals surface area contributed by atoms with Gasteiger partial charge in [-0.25, -0.2) is 4.39 Å². The van der Waals surface area contributed by atoms with E-state index in [-0.39, 0.29) is 17.6 Å². The molecule has 1 atom stereocenters. The summed E-state index contributed by atoms with van der Waals surface area (Å²) in [4.78, 5) is 0. The quantitative estimate of drug-likeness (QED) is 0.877.